The van der Waals surface area contributed by atoms with Crippen LogP contribution in [-0.4, -0.2) is 17.1 Å². The van der Waals surface area contributed by atoms with E-state index in [0.29, 0.717) is 0 Å². The molecule has 0 fully saturated rings. The predicted molar refractivity (Wildman–Crippen MR) is 69.0 cm³/mol. The Morgan fingerprint density at radius 3 is 2.47 bits per heavy atom. The highest BCUT2D eigenvalue weighted by Gasteiger charge is 2.11. The van der Waals surface area contributed by atoms with E-state index in [0.717, 1.165) is 22.5 Å². The van der Waals surface area contributed by atoms with Crippen molar-refractivity contribution >= 4 is 5.82 Å². The average molecular weight is 228 g/mol. The molecule has 0 saturated carbocycles. The summed E-state index contributed by atoms with van der Waals surface area (Å²) in [5, 5.41) is 13.2. The maximum atomic E-state index is 10.2. The van der Waals surface area contributed by atoms with E-state index in [9.17, 15) is 5.11 Å². The molecular formula is C14H16N2O. The molecule has 0 aliphatic heterocycles. The van der Waals surface area contributed by atoms with E-state index in [2.05, 4.69) is 10.3 Å². The van der Waals surface area contributed by atoms with Gasteiger partial charge in [-0.2, -0.15) is 0 Å². The highest BCUT2D eigenvalue weighted by atomic mass is 16.3. The van der Waals surface area contributed by atoms with Gasteiger partial charge in [0.15, 0.2) is 0 Å². The lowest BCUT2D eigenvalue weighted by molar-refractivity contribution is 0.220. The standard InChI is InChI=1S/C14H16N2O/c1-10-8-12(9-16-14(10)15-2)13(17)11-6-4-3-5-7-11/h3-9,13,17H,1-2H3,(H,15,16)/t13-/m0/s1. The van der Waals surface area contributed by atoms with Crippen LogP contribution in [0.2, 0.25) is 0 Å². The fourth-order valence-electron chi connectivity index (χ4n) is 1.84. The van der Waals surface area contributed by atoms with Crippen LogP contribution in [-0.2, 0) is 0 Å². The summed E-state index contributed by atoms with van der Waals surface area (Å²) < 4.78 is 0. The van der Waals surface area contributed by atoms with E-state index >= 15 is 0 Å². The van der Waals surface area contributed by atoms with Crippen LogP contribution < -0.4 is 5.32 Å². The average Bonchev–Trinajstić information content (AvgIpc) is 2.39. The number of aliphatic hydroxyl groups excluding tert-OH is 1. The molecule has 3 heteroatoms. The Morgan fingerprint density at radius 1 is 1.18 bits per heavy atom. The van der Waals surface area contributed by atoms with Gasteiger partial charge in [0.05, 0.1) is 0 Å². The number of aromatic nitrogens is 1. The molecule has 1 aromatic carbocycles. The summed E-state index contributed by atoms with van der Waals surface area (Å²) in [4.78, 5) is 4.27. The highest BCUT2D eigenvalue weighted by Crippen LogP contribution is 2.23. The first-order chi connectivity index (χ1) is 8.22. The van der Waals surface area contributed by atoms with Crippen molar-refractivity contribution in [1.82, 2.24) is 4.98 Å². The molecule has 1 heterocycles. The molecule has 0 radical (unpaired) electrons. The van der Waals surface area contributed by atoms with Crippen molar-refractivity contribution in [3.63, 3.8) is 0 Å². The SMILES string of the molecule is CNc1ncc([C@@H](O)c2ccccc2)cc1C. The smallest absolute Gasteiger partial charge is 0.128 e. The lowest BCUT2D eigenvalue weighted by atomic mass is 10.0. The van der Waals surface area contributed by atoms with Gasteiger partial charge in [0.1, 0.15) is 11.9 Å². The molecule has 3 nitrogen and oxygen atoms in total. The Balaban J connectivity index is 2.32. The molecule has 2 aromatic rings. The summed E-state index contributed by atoms with van der Waals surface area (Å²) >= 11 is 0. The fourth-order valence-corrected chi connectivity index (χ4v) is 1.84. The molecule has 0 unspecified atom stereocenters. The molecule has 88 valence electrons. The zero-order chi connectivity index (χ0) is 12.3. The monoisotopic (exact) mass is 228 g/mol. The van der Waals surface area contributed by atoms with Crippen molar-refractivity contribution < 1.29 is 5.11 Å². The van der Waals surface area contributed by atoms with Crippen molar-refractivity contribution in [2.45, 2.75) is 13.0 Å². The van der Waals surface area contributed by atoms with E-state index < -0.39 is 6.10 Å². The van der Waals surface area contributed by atoms with E-state index in [4.69, 9.17) is 0 Å². The lowest BCUT2D eigenvalue weighted by Crippen LogP contribution is -2.03. The molecule has 1 aromatic heterocycles. The van der Waals surface area contributed by atoms with Gasteiger partial charge in [0.2, 0.25) is 0 Å². The Hall–Kier alpha value is -1.87. The number of hydrogen-bond acceptors (Lipinski definition) is 3. The Bertz CT molecular complexity index is 497. The number of rotatable bonds is 3. The minimum absolute atomic E-state index is 0.617. The normalized spacial score (nSPS) is 12.2. The van der Waals surface area contributed by atoms with Crippen LogP contribution in [0.3, 0.4) is 0 Å². The highest BCUT2D eigenvalue weighted by molar-refractivity contribution is 5.45. The van der Waals surface area contributed by atoms with E-state index in [1.807, 2.05) is 50.4 Å². The van der Waals surface area contributed by atoms with E-state index in [1.165, 1.54) is 0 Å². The first-order valence-corrected chi connectivity index (χ1v) is 5.59. The van der Waals surface area contributed by atoms with Gasteiger partial charge in [-0.15, -0.1) is 0 Å². The quantitative estimate of drug-likeness (QED) is 0.848. The van der Waals surface area contributed by atoms with Crippen LogP contribution in [0.1, 0.15) is 22.8 Å². The third-order valence-corrected chi connectivity index (χ3v) is 2.77. The number of aryl methyl sites for hydroxylation is 1. The van der Waals surface area contributed by atoms with E-state index in [-0.39, 0.29) is 0 Å². The maximum Gasteiger partial charge on any atom is 0.128 e. The molecule has 0 aliphatic carbocycles. The summed E-state index contributed by atoms with van der Waals surface area (Å²) in [5.41, 5.74) is 2.72. The summed E-state index contributed by atoms with van der Waals surface area (Å²) in [7, 11) is 1.84. The number of aliphatic hydroxyl groups is 1. The van der Waals surface area contributed by atoms with Crippen LogP contribution in [0, 0.1) is 6.92 Å². The molecule has 0 amide bonds. The maximum absolute atomic E-state index is 10.2. The van der Waals surface area contributed by atoms with E-state index in [1.54, 1.807) is 6.20 Å². The number of nitrogens with one attached hydrogen (secondary N) is 1. The summed E-state index contributed by atoms with van der Waals surface area (Å²) in [5.74, 6) is 0.842. The van der Waals surface area contributed by atoms with Gasteiger partial charge in [-0.25, -0.2) is 4.98 Å². The minimum atomic E-state index is -0.617. The number of anilines is 1. The van der Waals surface area contributed by atoms with Gasteiger partial charge < -0.3 is 10.4 Å². The van der Waals surface area contributed by atoms with Crippen molar-refractivity contribution in [1.29, 1.82) is 0 Å². The van der Waals surface area contributed by atoms with Gasteiger partial charge >= 0.3 is 0 Å². The third-order valence-electron chi connectivity index (χ3n) is 2.77. The molecular weight excluding hydrogens is 212 g/mol. The second-order valence-electron chi connectivity index (χ2n) is 4.00. The van der Waals surface area contributed by atoms with Crippen molar-refractivity contribution in [2.24, 2.45) is 0 Å². The molecule has 0 saturated heterocycles. The van der Waals surface area contributed by atoms with Crippen LogP contribution in [0.5, 0.6) is 0 Å². The molecule has 2 rings (SSSR count). The number of hydrogen-bond donors (Lipinski definition) is 2. The van der Waals surface area contributed by atoms with Crippen LogP contribution in [0.25, 0.3) is 0 Å². The minimum Gasteiger partial charge on any atom is -0.384 e. The van der Waals surface area contributed by atoms with Crippen LogP contribution in [0.4, 0.5) is 5.82 Å². The zero-order valence-corrected chi connectivity index (χ0v) is 10.0. The van der Waals surface area contributed by atoms with Gasteiger partial charge in [-0.05, 0) is 24.1 Å². The summed E-state index contributed by atoms with van der Waals surface area (Å²) in [6, 6.07) is 11.5. The lowest BCUT2D eigenvalue weighted by Gasteiger charge is -2.13. The second-order valence-corrected chi connectivity index (χ2v) is 4.00. The second kappa shape index (κ2) is 4.97. The molecule has 1 atom stereocenters. The van der Waals surface area contributed by atoms with Gasteiger partial charge in [0.25, 0.3) is 0 Å². The number of nitrogens with zero attached hydrogens (tertiary/aromatic N) is 1. The van der Waals surface area contributed by atoms with Gasteiger partial charge in [-0.3, -0.25) is 0 Å². The molecule has 0 spiro atoms. The summed E-state index contributed by atoms with van der Waals surface area (Å²) in [6.45, 7) is 1.97. The zero-order valence-electron chi connectivity index (χ0n) is 10.0. The topological polar surface area (TPSA) is 45.2 Å². The first kappa shape index (κ1) is 11.6. The predicted octanol–water partition coefficient (Wildman–Crippen LogP) is 2.51. The van der Waals surface area contributed by atoms with Crippen molar-refractivity contribution in [3.05, 3.63) is 59.3 Å². The fraction of sp³-hybridized carbons (Fsp3) is 0.214. The molecule has 2 N–H and O–H groups in total. The van der Waals surface area contributed by atoms with Crippen LogP contribution in [0.15, 0.2) is 42.6 Å². The molecule has 0 bridgehead atoms. The first-order valence-electron chi connectivity index (χ1n) is 5.59. The molecule has 0 aliphatic rings. The van der Waals surface area contributed by atoms with Crippen molar-refractivity contribution in [2.75, 3.05) is 12.4 Å². The van der Waals surface area contributed by atoms with Gasteiger partial charge in [-0.1, -0.05) is 30.3 Å². The van der Waals surface area contributed by atoms with Crippen LogP contribution >= 0.6 is 0 Å². The summed E-state index contributed by atoms with van der Waals surface area (Å²) in [6.07, 6.45) is 1.09. The third kappa shape index (κ3) is 2.45. The Morgan fingerprint density at radius 2 is 1.88 bits per heavy atom. The Labute approximate surface area is 101 Å². The Kier molecular flexibility index (Phi) is 3.40. The van der Waals surface area contributed by atoms with Gasteiger partial charge in [0, 0.05) is 18.8 Å². The largest absolute Gasteiger partial charge is 0.384 e. The van der Waals surface area contributed by atoms with Crippen molar-refractivity contribution in [3.8, 4) is 0 Å². The molecule has 17 heavy (non-hydrogen) atoms. The number of benzene rings is 1. The number of pyridine rings is 1.